The molecular formula is C13H16O5. The van der Waals surface area contributed by atoms with Crippen molar-refractivity contribution in [3.05, 3.63) is 24.3 Å². The number of hydrogen-bond donors (Lipinski definition) is 1. The van der Waals surface area contributed by atoms with E-state index in [2.05, 4.69) is 0 Å². The van der Waals surface area contributed by atoms with Crippen LogP contribution in [0.1, 0.15) is 12.8 Å². The van der Waals surface area contributed by atoms with Crippen LogP contribution in [-0.2, 0) is 9.53 Å². The number of methoxy groups -OCH3 is 1. The number of carbonyl (C=O) groups is 1. The number of carboxylic acid groups (broad SMARTS) is 1. The maximum atomic E-state index is 10.7. The van der Waals surface area contributed by atoms with E-state index in [1.165, 1.54) is 0 Å². The van der Waals surface area contributed by atoms with Gasteiger partial charge >= 0.3 is 5.97 Å². The van der Waals surface area contributed by atoms with Crippen LogP contribution in [0.3, 0.4) is 0 Å². The fraction of sp³-hybridized carbons (Fsp3) is 0.462. The van der Waals surface area contributed by atoms with Crippen molar-refractivity contribution in [1.29, 1.82) is 0 Å². The van der Waals surface area contributed by atoms with E-state index >= 15 is 0 Å². The zero-order chi connectivity index (χ0) is 13.0. The highest BCUT2D eigenvalue weighted by atomic mass is 16.6. The quantitative estimate of drug-likeness (QED) is 0.864. The molecule has 1 aliphatic heterocycles. The first kappa shape index (κ1) is 12.7. The Morgan fingerprint density at radius 2 is 2.00 bits per heavy atom. The van der Waals surface area contributed by atoms with Gasteiger partial charge in [0.15, 0.2) is 6.10 Å². The summed E-state index contributed by atoms with van der Waals surface area (Å²) < 4.78 is 15.9. The van der Waals surface area contributed by atoms with E-state index in [4.69, 9.17) is 19.3 Å². The van der Waals surface area contributed by atoms with Crippen LogP contribution in [0.5, 0.6) is 11.5 Å². The number of carboxylic acids is 1. The van der Waals surface area contributed by atoms with E-state index < -0.39 is 12.1 Å². The lowest BCUT2D eigenvalue weighted by atomic mass is 10.2. The molecule has 0 bridgehead atoms. The minimum absolute atomic E-state index is 0.145. The Hall–Kier alpha value is -1.75. The predicted molar refractivity (Wildman–Crippen MR) is 64.0 cm³/mol. The van der Waals surface area contributed by atoms with Gasteiger partial charge in [0.25, 0.3) is 0 Å². The van der Waals surface area contributed by atoms with Gasteiger partial charge in [-0.15, -0.1) is 0 Å². The lowest BCUT2D eigenvalue weighted by Crippen LogP contribution is -2.23. The van der Waals surface area contributed by atoms with Gasteiger partial charge in [-0.25, -0.2) is 4.79 Å². The van der Waals surface area contributed by atoms with E-state index in [9.17, 15) is 4.79 Å². The minimum Gasteiger partial charge on any atom is -0.497 e. The van der Waals surface area contributed by atoms with E-state index in [-0.39, 0.29) is 6.10 Å². The summed E-state index contributed by atoms with van der Waals surface area (Å²) in [5, 5.41) is 8.79. The lowest BCUT2D eigenvalue weighted by molar-refractivity contribution is -0.149. The molecule has 5 nitrogen and oxygen atoms in total. The van der Waals surface area contributed by atoms with Gasteiger partial charge in [-0.1, -0.05) is 0 Å². The van der Waals surface area contributed by atoms with Gasteiger partial charge in [0, 0.05) is 0 Å². The Morgan fingerprint density at radius 1 is 1.33 bits per heavy atom. The van der Waals surface area contributed by atoms with Gasteiger partial charge in [-0.3, -0.25) is 0 Å². The fourth-order valence-electron chi connectivity index (χ4n) is 1.87. The molecule has 2 unspecified atom stereocenters. The molecule has 1 saturated heterocycles. The Morgan fingerprint density at radius 3 is 2.56 bits per heavy atom. The first-order valence-corrected chi connectivity index (χ1v) is 5.84. The summed E-state index contributed by atoms with van der Waals surface area (Å²) in [5.41, 5.74) is 0. The van der Waals surface area contributed by atoms with Crippen molar-refractivity contribution in [2.24, 2.45) is 0 Å². The second-order valence-corrected chi connectivity index (χ2v) is 4.15. The molecule has 0 aliphatic carbocycles. The number of hydrogen-bond acceptors (Lipinski definition) is 4. The van der Waals surface area contributed by atoms with Crippen LogP contribution in [0.4, 0.5) is 0 Å². The van der Waals surface area contributed by atoms with E-state index in [1.54, 1.807) is 7.11 Å². The largest absolute Gasteiger partial charge is 0.497 e. The molecule has 1 N–H and O–H groups in total. The third-order valence-corrected chi connectivity index (χ3v) is 2.88. The third-order valence-electron chi connectivity index (χ3n) is 2.88. The second-order valence-electron chi connectivity index (χ2n) is 4.15. The highest BCUT2D eigenvalue weighted by Crippen LogP contribution is 2.22. The molecule has 2 rings (SSSR count). The van der Waals surface area contributed by atoms with Crippen LogP contribution in [0, 0.1) is 0 Å². The molecule has 0 aromatic heterocycles. The molecule has 2 atom stereocenters. The van der Waals surface area contributed by atoms with E-state index in [0.717, 1.165) is 11.5 Å². The number of aliphatic carboxylic acids is 1. The second kappa shape index (κ2) is 5.73. The highest BCUT2D eigenvalue weighted by Gasteiger charge is 2.30. The number of ether oxygens (including phenoxy) is 3. The Kier molecular flexibility index (Phi) is 4.04. The Balaban J connectivity index is 1.79. The summed E-state index contributed by atoms with van der Waals surface area (Å²) in [6, 6.07) is 7.24. The zero-order valence-electron chi connectivity index (χ0n) is 10.2. The van der Waals surface area contributed by atoms with E-state index in [1.807, 2.05) is 24.3 Å². The molecule has 1 aliphatic rings. The molecule has 1 heterocycles. The van der Waals surface area contributed by atoms with Crippen LogP contribution in [0.25, 0.3) is 0 Å². The summed E-state index contributed by atoms with van der Waals surface area (Å²) in [5.74, 6) is 0.588. The molecule has 5 heteroatoms. The first-order valence-electron chi connectivity index (χ1n) is 5.84. The van der Waals surface area contributed by atoms with Crippen molar-refractivity contribution in [3.8, 4) is 11.5 Å². The summed E-state index contributed by atoms with van der Waals surface area (Å²) in [6.07, 6.45) is 0.432. The van der Waals surface area contributed by atoms with Crippen molar-refractivity contribution in [1.82, 2.24) is 0 Å². The van der Waals surface area contributed by atoms with Gasteiger partial charge in [0.05, 0.1) is 13.2 Å². The predicted octanol–water partition coefficient (Wildman–Crippen LogP) is 1.71. The third kappa shape index (κ3) is 3.13. The Bertz CT molecular complexity index is 400. The average Bonchev–Trinajstić information content (AvgIpc) is 2.86. The molecule has 1 fully saturated rings. The molecule has 0 radical (unpaired) electrons. The highest BCUT2D eigenvalue weighted by molar-refractivity contribution is 5.72. The van der Waals surface area contributed by atoms with Gasteiger partial charge in [-0.05, 0) is 37.1 Å². The first-order chi connectivity index (χ1) is 8.69. The summed E-state index contributed by atoms with van der Waals surface area (Å²) in [6.45, 7) is 0.371. The van der Waals surface area contributed by atoms with Crippen molar-refractivity contribution in [2.75, 3.05) is 13.7 Å². The van der Waals surface area contributed by atoms with E-state index in [0.29, 0.717) is 19.4 Å². The van der Waals surface area contributed by atoms with Crippen LogP contribution in [-0.4, -0.2) is 37.0 Å². The topological polar surface area (TPSA) is 65.0 Å². The molecule has 1 aromatic carbocycles. The monoisotopic (exact) mass is 252 g/mol. The number of rotatable bonds is 5. The Labute approximate surface area is 105 Å². The van der Waals surface area contributed by atoms with Crippen LogP contribution < -0.4 is 9.47 Å². The number of benzene rings is 1. The molecule has 0 spiro atoms. The maximum Gasteiger partial charge on any atom is 0.332 e. The lowest BCUT2D eigenvalue weighted by Gasteiger charge is -2.12. The molecule has 0 amide bonds. The molecular weight excluding hydrogens is 236 g/mol. The molecule has 1 aromatic rings. The van der Waals surface area contributed by atoms with Crippen molar-refractivity contribution in [3.63, 3.8) is 0 Å². The zero-order valence-corrected chi connectivity index (χ0v) is 10.2. The summed E-state index contributed by atoms with van der Waals surface area (Å²) >= 11 is 0. The fourth-order valence-corrected chi connectivity index (χ4v) is 1.87. The van der Waals surface area contributed by atoms with Gasteiger partial charge < -0.3 is 19.3 Å². The molecule has 18 heavy (non-hydrogen) atoms. The van der Waals surface area contributed by atoms with Gasteiger partial charge in [0.1, 0.15) is 18.1 Å². The standard InChI is InChI=1S/C13H16O5/c1-16-9-2-4-10(5-3-9)17-8-11-6-7-12(18-11)13(14)15/h2-5,11-12H,6-8H2,1H3,(H,14,15). The van der Waals surface area contributed by atoms with Gasteiger partial charge in [-0.2, -0.15) is 0 Å². The summed E-state index contributed by atoms with van der Waals surface area (Å²) in [7, 11) is 1.61. The normalized spacial score (nSPS) is 22.7. The molecule has 0 saturated carbocycles. The van der Waals surface area contributed by atoms with Crippen LogP contribution >= 0.6 is 0 Å². The smallest absolute Gasteiger partial charge is 0.332 e. The van der Waals surface area contributed by atoms with Crippen LogP contribution in [0.15, 0.2) is 24.3 Å². The molecule has 98 valence electrons. The SMILES string of the molecule is COc1ccc(OCC2CCC(C(=O)O)O2)cc1. The van der Waals surface area contributed by atoms with Gasteiger partial charge in [0.2, 0.25) is 0 Å². The average molecular weight is 252 g/mol. The maximum absolute atomic E-state index is 10.7. The van der Waals surface area contributed by atoms with Crippen molar-refractivity contribution >= 4 is 5.97 Å². The van der Waals surface area contributed by atoms with Crippen LogP contribution in [0.2, 0.25) is 0 Å². The minimum atomic E-state index is -0.901. The van der Waals surface area contributed by atoms with Crippen molar-refractivity contribution in [2.45, 2.75) is 25.0 Å². The van der Waals surface area contributed by atoms with Crippen molar-refractivity contribution < 1.29 is 24.1 Å². The summed E-state index contributed by atoms with van der Waals surface area (Å²) in [4.78, 5) is 10.7.